The zero-order chi connectivity index (χ0) is 45.3. The van der Waals surface area contributed by atoms with Crippen LogP contribution in [0.2, 0.25) is 0 Å². The molecule has 10 rings (SSSR count). The topological polar surface area (TPSA) is 136 Å². The summed E-state index contributed by atoms with van der Waals surface area (Å²) in [4.78, 5) is 0. The first-order valence-corrected chi connectivity index (χ1v) is 21.7. The van der Waals surface area contributed by atoms with E-state index < -0.39 is 52.0 Å². The van der Waals surface area contributed by atoms with Gasteiger partial charge in [-0.2, -0.15) is 0 Å². The van der Waals surface area contributed by atoms with Gasteiger partial charge in [-0.3, -0.25) is 0 Å². The normalized spacial score (nSPS) is 16.9. The Bertz CT molecular complexity index is 1160. The fraction of sp³-hybridized carbons (Fsp3) is 0.609. The number of benzene rings is 3. The van der Waals surface area contributed by atoms with Crippen molar-refractivity contribution in [3.63, 3.8) is 0 Å². The van der Waals surface area contributed by atoms with Gasteiger partial charge in [-0.25, -0.2) is 26.3 Å². The van der Waals surface area contributed by atoms with Gasteiger partial charge in [0.2, 0.25) is 0 Å². The van der Waals surface area contributed by atoms with Crippen LogP contribution < -0.4 is 24.0 Å². The van der Waals surface area contributed by atoms with Gasteiger partial charge in [0.1, 0.15) is 34.9 Å². The number of nitrogens with one attached hydrogen (secondary N) is 3. The molecule has 0 unspecified atom stereocenters. The van der Waals surface area contributed by atoms with Crippen LogP contribution in [0.15, 0.2) is 54.6 Å². The van der Waals surface area contributed by atoms with Crippen LogP contribution in [0.5, 0.6) is 0 Å². The molecular formula is C46H68F6IN3O7Sr2. The summed E-state index contributed by atoms with van der Waals surface area (Å²) >= 11 is 0. The van der Waals surface area contributed by atoms with Gasteiger partial charge in [0.25, 0.3) is 0 Å². The molecule has 7 aliphatic rings. The molecule has 7 heterocycles. The van der Waals surface area contributed by atoms with Gasteiger partial charge < -0.3 is 74.3 Å². The van der Waals surface area contributed by atoms with Crippen molar-refractivity contribution >= 4 is 108 Å². The molecule has 0 amide bonds. The molecule has 0 aliphatic carbocycles. The van der Waals surface area contributed by atoms with Gasteiger partial charge in [0.05, 0.1) is 0 Å². The Kier molecular flexibility index (Phi) is 53.8. The maximum Gasteiger partial charge on any atom is 2.00 e. The monoisotopic (exact) mass is 1190 g/mol. The molecule has 3 aromatic carbocycles. The third-order valence-corrected chi connectivity index (χ3v) is 8.68. The summed E-state index contributed by atoms with van der Waals surface area (Å²) in [7, 11) is 0. The van der Waals surface area contributed by atoms with E-state index in [1.165, 1.54) is 108 Å². The molecule has 0 spiro atoms. The van der Waals surface area contributed by atoms with Crippen molar-refractivity contribution in [1.29, 1.82) is 0 Å². The van der Waals surface area contributed by atoms with E-state index in [0.29, 0.717) is 0 Å². The van der Waals surface area contributed by atoms with E-state index in [9.17, 15) is 26.3 Å². The van der Waals surface area contributed by atoms with Crippen molar-refractivity contribution in [3.05, 3.63) is 107 Å². The Morgan fingerprint density at radius 1 is 0.262 bits per heavy atom. The van der Waals surface area contributed by atoms with Crippen LogP contribution in [0.1, 0.15) is 89.9 Å². The Labute approximate surface area is 475 Å². The van der Waals surface area contributed by atoms with Gasteiger partial charge in [-0.1, -0.05) is 35.3 Å². The summed E-state index contributed by atoms with van der Waals surface area (Å²) in [5.41, 5.74) is 18.1. The Morgan fingerprint density at radius 3 is 0.431 bits per heavy atom. The van der Waals surface area contributed by atoms with Crippen molar-refractivity contribution in [3.8, 4) is 0 Å². The summed E-state index contributed by atoms with van der Waals surface area (Å²) in [5.74, 6) is -4.94. The van der Waals surface area contributed by atoms with Crippen molar-refractivity contribution in [2.75, 3.05) is 92.5 Å². The number of ether oxygens (including phenoxy) is 7. The maximum absolute atomic E-state index is 12.2. The smallest absolute Gasteiger partial charge is 1.00 e. The van der Waals surface area contributed by atoms with E-state index >= 15 is 0 Å². The fourth-order valence-corrected chi connectivity index (χ4v) is 5.07. The van der Waals surface area contributed by atoms with Crippen LogP contribution in [0.4, 0.5) is 43.4 Å². The van der Waals surface area contributed by atoms with E-state index in [-0.39, 0.29) is 115 Å². The zero-order valence-corrected chi connectivity index (χ0v) is 47.0. The Morgan fingerprint density at radius 2 is 0.369 bits per heavy atom. The molecule has 7 saturated heterocycles. The first kappa shape index (κ1) is 69.3. The SMILES string of the molecule is C1CCOC1.C1CCOC1.C1CCOC1.C1CCOC1.C1CCOC1.C1CCOC1.C1CCOC1.[I-].[NH-]c1c(F)cccc1F.[NH-]c1c(F)cccc1F.[NH-]c1c(F)cccc1F.[Sr+2].[Sr+2]. The number of hydrogen-bond acceptors (Lipinski definition) is 7. The minimum absolute atomic E-state index is 0. The van der Waals surface area contributed by atoms with Crippen LogP contribution in [0.25, 0.3) is 17.2 Å². The molecule has 7 fully saturated rings. The molecule has 0 aromatic heterocycles. The molecule has 3 aromatic rings. The summed E-state index contributed by atoms with van der Waals surface area (Å²) in [6.45, 7) is 14.0. The second-order valence-corrected chi connectivity index (χ2v) is 14.0. The first-order chi connectivity index (χ1) is 30.1. The average molecular weight is 1190 g/mol. The minimum atomic E-state index is -0.824. The molecule has 7 aliphatic heterocycles. The number of rotatable bonds is 0. The molecule has 3 N–H and O–H groups in total. The van der Waals surface area contributed by atoms with Crippen LogP contribution in [0.3, 0.4) is 0 Å². The van der Waals surface area contributed by atoms with Crippen molar-refractivity contribution in [2.24, 2.45) is 0 Å². The molecule has 0 atom stereocenters. The quantitative estimate of drug-likeness (QED) is 0.124. The molecule has 65 heavy (non-hydrogen) atoms. The summed E-state index contributed by atoms with van der Waals surface area (Å²) < 4.78 is 108. The van der Waals surface area contributed by atoms with Crippen LogP contribution in [0, 0.1) is 34.9 Å². The second kappa shape index (κ2) is 50.4. The largest absolute Gasteiger partial charge is 2.00 e. The van der Waals surface area contributed by atoms with Crippen LogP contribution in [-0.4, -0.2) is 183 Å². The summed E-state index contributed by atoms with van der Waals surface area (Å²) in [6.07, 6.45) is 17.9. The number of hydrogen-bond donors (Lipinski definition) is 0. The van der Waals surface area contributed by atoms with Crippen molar-refractivity contribution in [1.82, 2.24) is 0 Å². The Hall–Kier alpha value is 0.0510. The average Bonchev–Trinajstić information content (AvgIpc) is 4.17. The summed E-state index contributed by atoms with van der Waals surface area (Å²) in [5, 5.41) is 0. The fourth-order valence-electron chi connectivity index (χ4n) is 5.07. The molecule has 10 nitrogen and oxygen atoms in total. The van der Waals surface area contributed by atoms with Gasteiger partial charge in [-0.15, -0.1) is 0 Å². The predicted octanol–water partition coefficient (Wildman–Crippen LogP) is 9.77. The molecule has 0 bridgehead atoms. The van der Waals surface area contributed by atoms with Crippen LogP contribution >= 0.6 is 0 Å². The molecule has 0 radical (unpaired) electrons. The molecule has 362 valence electrons. The molecular weight excluding hydrogens is 1120 g/mol. The predicted molar refractivity (Wildman–Crippen MR) is 243 cm³/mol. The maximum atomic E-state index is 12.2. The standard InChI is InChI=1S/3C6H4F2N.7C4H8O.HI.2Sr/c3*7-4-2-1-3-5(8)6(4)9;7*1-2-4-5-3-1;;;/h3*1-3,9H;7*1-4H2;1H;;/q3*-1;;;;;;;;;2*+2/p-1. The van der Waals surface area contributed by atoms with Gasteiger partial charge in [-0.05, 0) is 126 Å². The van der Waals surface area contributed by atoms with Gasteiger partial charge >= 0.3 is 91.0 Å². The zero-order valence-electron chi connectivity index (χ0n) is 37.9. The van der Waals surface area contributed by atoms with E-state index in [1.54, 1.807) is 0 Å². The first-order valence-electron chi connectivity index (χ1n) is 21.7. The Balaban J connectivity index is -0.000000661. The second-order valence-electron chi connectivity index (χ2n) is 14.0. The summed E-state index contributed by atoms with van der Waals surface area (Å²) in [6, 6.07) is 9.96. The van der Waals surface area contributed by atoms with Crippen molar-refractivity contribution < 1.29 is 83.5 Å². The third-order valence-electron chi connectivity index (χ3n) is 8.68. The minimum Gasteiger partial charge on any atom is -1.00 e. The molecule has 19 heteroatoms. The van der Waals surface area contributed by atoms with E-state index in [1.807, 2.05) is 0 Å². The van der Waals surface area contributed by atoms with Gasteiger partial charge in [0.15, 0.2) is 0 Å². The third kappa shape index (κ3) is 41.5. The van der Waals surface area contributed by atoms with Gasteiger partial charge in [0, 0.05) is 92.5 Å². The van der Waals surface area contributed by atoms with Crippen LogP contribution in [-0.2, 0) is 33.2 Å². The number of halogens is 7. The van der Waals surface area contributed by atoms with Crippen molar-refractivity contribution in [2.45, 2.75) is 89.9 Å². The molecule has 0 saturated carbocycles. The van der Waals surface area contributed by atoms with E-state index in [2.05, 4.69) is 0 Å². The van der Waals surface area contributed by atoms with E-state index in [0.717, 1.165) is 129 Å². The van der Waals surface area contributed by atoms with E-state index in [4.69, 9.17) is 50.4 Å².